The fraction of sp³-hybridized carbons (Fsp3) is 0.500. The predicted octanol–water partition coefficient (Wildman–Crippen LogP) is 5.22. The molecule has 5 heteroatoms. The van der Waals surface area contributed by atoms with E-state index in [2.05, 4.69) is 29.2 Å². The minimum absolute atomic E-state index is 0. The second-order valence-electron chi connectivity index (χ2n) is 5.38. The van der Waals surface area contributed by atoms with Gasteiger partial charge in [-0.25, -0.2) is 4.73 Å². The van der Waals surface area contributed by atoms with Crippen molar-refractivity contribution in [2.75, 3.05) is 18.0 Å². The largest absolute Gasteiger partial charge is 0.710 e. The monoisotopic (exact) mass is 358 g/mol. The highest BCUT2D eigenvalue weighted by molar-refractivity contribution is 6.30. The number of anilines is 1. The van der Waals surface area contributed by atoms with Gasteiger partial charge in [0.2, 0.25) is 0 Å². The normalized spacial score (nSPS) is 11.1. The Labute approximate surface area is 151 Å². The van der Waals surface area contributed by atoms with Crippen molar-refractivity contribution < 1.29 is 4.73 Å². The summed E-state index contributed by atoms with van der Waals surface area (Å²) in [4.78, 5) is 2.15. The van der Waals surface area contributed by atoms with Crippen molar-refractivity contribution in [1.29, 1.82) is 0 Å². The number of hydrogen-bond acceptors (Lipinski definition) is 2. The van der Waals surface area contributed by atoms with Crippen LogP contribution in [-0.2, 0) is 0 Å². The maximum atomic E-state index is 12.3. The zero-order chi connectivity index (χ0) is 16.4. The van der Waals surface area contributed by atoms with E-state index in [9.17, 15) is 5.21 Å². The number of unbranched alkanes of at least 4 members (excludes halogenated alkanes) is 2. The van der Waals surface area contributed by atoms with Gasteiger partial charge in [-0.15, -0.1) is 12.4 Å². The summed E-state index contributed by atoms with van der Waals surface area (Å²) in [6.45, 7) is 7.58. The molecule has 23 heavy (non-hydrogen) atoms. The maximum absolute atomic E-state index is 12.3. The van der Waals surface area contributed by atoms with Crippen molar-refractivity contribution >= 4 is 29.8 Å². The molecule has 0 saturated heterocycles. The molecule has 0 unspecified atom stereocenters. The molecule has 1 heterocycles. The highest BCUT2D eigenvalue weighted by Crippen LogP contribution is 2.18. The van der Waals surface area contributed by atoms with Gasteiger partial charge in [-0.3, -0.25) is 4.90 Å². The van der Waals surface area contributed by atoms with Crippen LogP contribution in [0, 0.1) is 12.1 Å². The molecule has 1 aromatic heterocycles. The number of rotatable bonds is 9. The van der Waals surface area contributed by atoms with Gasteiger partial charge in [0, 0.05) is 6.07 Å². The van der Waals surface area contributed by atoms with Gasteiger partial charge < -0.3 is 5.21 Å². The number of aryl methyl sites for hydroxylation is 1. The summed E-state index contributed by atoms with van der Waals surface area (Å²) >= 11 is 6.13. The first-order chi connectivity index (χ1) is 10.6. The van der Waals surface area contributed by atoms with Gasteiger partial charge in [-0.05, 0) is 52.5 Å². The number of aromatic nitrogens is 1. The fourth-order valence-electron chi connectivity index (χ4n) is 2.36. The highest BCUT2D eigenvalue weighted by atomic mass is 35.5. The molecule has 0 radical (unpaired) electrons. The van der Waals surface area contributed by atoms with Gasteiger partial charge in [0.15, 0.2) is 0 Å². The molecule has 0 bridgehead atoms. The van der Waals surface area contributed by atoms with Crippen LogP contribution >= 0.6 is 24.0 Å². The minimum atomic E-state index is 0. The van der Waals surface area contributed by atoms with Crippen molar-refractivity contribution in [2.24, 2.45) is 0 Å². The first-order valence-corrected chi connectivity index (χ1v) is 8.35. The second-order valence-corrected chi connectivity index (χ2v) is 5.81. The smallest absolute Gasteiger partial charge is 0.281 e. The van der Waals surface area contributed by atoms with Crippen LogP contribution in [0.5, 0.6) is 0 Å². The fourth-order valence-corrected chi connectivity index (χ4v) is 2.61. The third-order valence-electron chi connectivity index (χ3n) is 3.54. The van der Waals surface area contributed by atoms with E-state index >= 15 is 0 Å². The van der Waals surface area contributed by atoms with Crippen LogP contribution in [0.3, 0.4) is 0 Å². The number of nitrogens with zero attached hydrogens (tertiary/aromatic N) is 2. The third-order valence-corrected chi connectivity index (χ3v) is 3.75. The third kappa shape index (κ3) is 7.76. The van der Waals surface area contributed by atoms with Crippen molar-refractivity contribution in [3.8, 4) is 0 Å². The summed E-state index contributed by atoms with van der Waals surface area (Å²) in [5.41, 5.74) is 0.634. The average Bonchev–Trinajstić information content (AvgIpc) is 2.49. The quantitative estimate of drug-likeness (QED) is 0.262. The SMILES string of the molecule is CC=CCCCN(CCCC=CC)c1cc(Cl)cc(C)[n+]1[O-].Cl. The molecule has 0 aromatic carbocycles. The molecular weight excluding hydrogens is 331 g/mol. The van der Waals surface area contributed by atoms with Crippen LogP contribution in [0.4, 0.5) is 5.82 Å². The lowest BCUT2D eigenvalue weighted by Crippen LogP contribution is -2.41. The molecule has 3 nitrogen and oxygen atoms in total. The minimum Gasteiger partial charge on any atom is -0.710 e. The highest BCUT2D eigenvalue weighted by Gasteiger charge is 2.18. The Bertz CT molecular complexity index is 498. The van der Waals surface area contributed by atoms with E-state index in [1.165, 1.54) is 0 Å². The van der Waals surface area contributed by atoms with Crippen LogP contribution in [-0.4, -0.2) is 13.1 Å². The van der Waals surface area contributed by atoms with Crippen LogP contribution in [0.15, 0.2) is 36.4 Å². The molecule has 1 rings (SSSR count). The van der Waals surface area contributed by atoms with Crippen molar-refractivity contribution in [1.82, 2.24) is 0 Å². The van der Waals surface area contributed by atoms with Gasteiger partial charge in [-0.1, -0.05) is 35.9 Å². The molecule has 0 aliphatic carbocycles. The molecule has 0 atom stereocenters. The van der Waals surface area contributed by atoms with Crippen LogP contribution in [0.1, 0.15) is 45.2 Å². The molecular formula is C18H28Cl2N2O. The number of pyridine rings is 1. The molecule has 0 aliphatic rings. The second kappa shape index (κ2) is 12.3. The average molecular weight is 359 g/mol. The molecule has 0 N–H and O–H groups in total. The van der Waals surface area contributed by atoms with Gasteiger partial charge in [0.25, 0.3) is 5.82 Å². The van der Waals surface area contributed by atoms with Gasteiger partial charge in [-0.2, -0.15) is 0 Å². The predicted molar refractivity (Wildman–Crippen MR) is 103 cm³/mol. The lowest BCUT2D eigenvalue weighted by atomic mass is 10.2. The first-order valence-electron chi connectivity index (χ1n) is 7.97. The van der Waals surface area contributed by atoms with E-state index in [-0.39, 0.29) is 12.4 Å². The molecule has 0 fully saturated rings. The summed E-state index contributed by atoms with van der Waals surface area (Å²) in [6, 6.07) is 3.47. The van der Waals surface area contributed by atoms with Crippen LogP contribution in [0.25, 0.3) is 0 Å². The van der Waals surface area contributed by atoms with E-state index < -0.39 is 0 Å². The van der Waals surface area contributed by atoms with E-state index in [4.69, 9.17) is 11.6 Å². The Morgan fingerprint density at radius 3 is 2.09 bits per heavy atom. The van der Waals surface area contributed by atoms with Crippen LogP contribution in [0.2, 0.25) is 5.02 Å². The lowest BCUT2D eigenvalue weighted by Gasteiger charge is -2.22. The zero-order valence-electron chi connectivity index (χ0n) is 14.3. The molecule has 1 aromatic rings. The van der Waals surface area contributed by atoms with E-state index in [1.807, 2.05) is 13.8 Å². The van der Waals surface area contributed by atoms with E-state index in [1.54, 1.807) is 19.1 Å². The molecule has 0 aliphatic heterocycles. The number of halogens is 2. The topological polar surface area (TPSA) is 30.2 Å². The number of hydrogen-bond donors (Lipinski definition) is 0. The Hall–Kier alpha value is -1.19. The molecule has 0 saturated carbocycles. The van der Waals surface area contributed by atoms with Crippen molar-refractivity contribution in [3.63, 3.8) is 0 Å². The van der Waals surface area contributed by atoms with Crippen molar-refractivity contribution in [3.05, 3.63) is 52.4 Å². The zero-order valence-corrected chi connectivity index (χ0v) is 15.9. The summed E-state index contributed by atoms with van der Waals surface area (Å²) < 4.78 is 0.983. The van der Waals surface area contributed by atoms with E-state index in [0.717, 1.165) is 43.5 Å². The van der Waals surface area contributed by atoms with Gasteiger partial charge in [0.05, 0.1) is 18.1 Å². The molecule has 130 valence electrons. The summed E-state index contributed by atoms with van der Waals surface area (Å²) in [7, 11) is 0. The standard InChI is InChI=1S/C18H27ClN2O.ClH/c1-4-6-8-10-12-20(13-11-9-7-5-2)18-15-17(19)14-16(3)21(18)22;/h4-7,14-15H,8-13H2,1-3H3;1H. The summed E-state index contributed by atoms with van der Waals surface area (Å²) in [5.74, 6) is 0.658. The Balaban J connectivity index is 0.00000484. The maximum Gasteiger partial charge on any atom is 0.281 e. The van der Waals surface area contributed by atoms with Gasteiger partial charge >= 0.3 is 0 Å². The van der Waals surface area contributed by atoms with Crippen LogP contribution < -0.4 is 9.63 Å². The number of allylic oxidation sites excluding steroid dienone is 4. The van der Waals surface area contributed by atoms with Crippen molar-refractivity contribution in [2.45, 2.75) is 46.5 Å². The Morgan fingerprint density at radius 1 is 1.09 bits per heavy atom. The first kappa shape index (κ1) is 21.8. The van der Waals surface area contributed by atoms with Gasteiger partial charge in [0.1, 0.15) is 5.69 Å². The van der Waals surface area contributed by atoms with E-state index in [0.29, 0.717) is 16.5 Å². The Kier molecular flexibility index (Phi) is 11.6. The molecule has 0 amide bonds. The lowest BCUT2D eigenvalue weighted by molar-refractivity contribution is -0.599. The summed E-state index contributed by atoms with van der Waals surface area (Å²) in [6.07, 6.45) is 12.6. The summed E-state index contributed by atoms with van der Waals surface area (Å²) in [5, 5.41) is 12.9. The molecule has 0 spiro atoms. The Morgan fingerprint density at radius 2 is 1.61 bits per heavy atom.